The van der Waals surface area contributed by atoms with Crippen LogP contribution in [0.25, 0.3) is 0 Å². The largest absolute Gasteiger partial charge is 0.281 e. The van der Waals surface area contributed by atoms with Gasteiger partial charge in [-0.2, -0.15) is 22.1 Å². The molecule has 22 heavy (non-hydrogen) atoms. The summed E-state index contributed by atoms with van der Waals surface area (Å²) in [6.45, 7) is 2.68. The van der Waals surface area contributed by atoms with Gasteiger partial charge in [0, 0.05) is 44.4 Å². The zero-order chi connectivity index (χ0) is 15.6. The molecule has 3 heterocycles. The predicted molar refractivity (Wildman–Crippen MR) is 82.5 cm³/mol. The van der Waals surface area contributed by atoms with Crippen LogP contribution in [0.5, 0.6) is 0 Å². The van der Waals surface area contributed by atoms with E-state index in [-0.39, 0.29) is 11.5 Å². The molecule has 0 unspecified atom stereocenters. The minimum atomic E-state index is -3.33. The standard InChI is InChI=1S/C14H22N4O3S/c19-14-6-5-7-15-18(14)12-13-10-17(11-13)22(20,21)16-8-3-1-2-4-9-16/h5-7,13H,1-4,8-12H2. The van der Waals surface area contributed by atoms with Crippen molar-refractivity contribution in [1.82, 2.24) is 18.4 Å². The van der Waals surface area contributed by atoms with Crippen molar-refractivity contribution < 1.29 is 8.42 Å². The van der Waals surface area contributed by atoms with Gasteiger partial charge in [-0.05, 0) is 18.9 Å². The van der Waals surface area contributed by atoms with Gasteiger partial charge >= 0.3 is 0 Å². The van der Waals surface area contributed by atoms with Crippen molar-refractivity contribution in [2.75, 3.05) is 26.2 Å². The quantitative estimate of drug-likeness (QED) is 0.797. The molecule has 1 aromatic heterocycles. The summed E-state index contributed by atoms with van der Waals surface area (Å²) in [6, 6.07) is 3.08. The van der Waals surface area contributed by atoms with Crippen LogP contribution in [-0.2, 0) is 16.8 Å². The summed E-state index contributed by atoms with van der Waals surface area (Å²) in [5.41, 5.74) is -0.142. The van der Waals surface area contributed by atoms with E-state index in [1.165, 1.54) is 15.1 Å². The molecular weight excluding hydrogens is 304 g/mol. The molecule has 0 spiro atoms. The van der Waals surface area contributed by atoms with Crippen LogP contribution in [0.15, 0.2) is 23.1 Å². The predicted octanol–water partition coefficient (Wildman–Crippen LogP) is 0.296. The minimum absolute atomic E-state index is 0.142. The molecule has 0 N–H and O–H groups in total. The van der Waals surface area contributed by atoms with Crippen LogP contribution >= 0.6 is 0 Å². The lowest BCUT2D eigenvalue weighted by Crippen LogP contribution is -2.56. The van der Waals surface area contributed by atoms with Gasteiger partial charge in [0.25, 0.3) is 15.8 Å². The fourth-order valence-corrected chi connectivity index (χ4v) is 4.88. The molecule has 0 radical (unpaired) electrons. The number of aromatic nitrogens is 2. The maximum atomic E-state index is 12.6. The average Bonchev–Trinajstić information content (AvgIpc) is 2.73. The number of rotatable bonds is 4. The van der Waals surface area contributed by atoms with Crippen molar-refractivity contribution in [2.24, 2.45) is 5.92 Å². The maximum Gasteiger partial charge on any atom is 0.281 e. The Morgan fingerprint density at radius 1 is 1.09 bits per heavy atom. The van der Waals surface area contributed by atoms with Crippen LogP contribution in [0, 0.1) is 5.92 Å². The second kappa shape index (κ2) is 6.47. The van der Waals surface area contributed by atoms with E-state index < -0.39 is 10.2 Å². The van der Waals surface area contributed by atoms with Gasteiger partial charge in [0.05, 0.1) is 6.54 Å². The van der Waals surface area contributed by atoms with Crippen LogP contribution in [0.4, 0.5) is 0 Å². The summed E-state index contributed by atoms with van der Waals surface area (Å²) in [7, 11) is -3.33. The molecule has 0 aromatic carbocycles. The second-order valence-corrected chi connectivity index (χ2v) is 7.98. The summed E-state index contributed by atoms with van der Waals surface area (Å²) in [5.74, 6) is 0.161. The van der Waals surface area contributed by atoms with Gasteiger partial charge in [-0.15, -0.1) is 0 Å². The highest BCUT2D eigenvalue weighted by molar-refractivity contribution is 7.86. The number of hydrogen-bond donors (Lipinski definition) is 0. The molecule has 122 valence electrons. The lowest BCUT2D eigenvalue weighted by molar-refractivity contribution is 0.161. The Hall–Kier alpha value is -1.25. The van der Waals surface area contributed by atoms with Crippen molar-refractivity contribution >= 4 is 10.2 Å². The second-order valence-electron chi connectivity index (χ2n) is 6.05. The Morgan fingerprint density at radius 3 is 2.41 bits per heavy atom. The summed E-state index contributed by atoms with van der Waals surface area (Å²) in [5, 5.41) is 4.02. The van der Waals surface area contributed by atoms with Gasteiger partial charge in [0.2, 0.25) is 0 Å². The van der Waals surface area contributed by atoms with Crippen molar-refractivity contribution in [2.45, 2.75) is 32.2 Å². The smallest absolute Gasteiger partial charge is 0.268 e. The third-order valence-corrected chi connectivity index (χ3v) is 6.33. The molecule has 0 aliphatic carbocycles. The molecular formula is C14H22N4O3S. The van der Waals surface area contributed by atoms with Gasteiger partial charge in [-0.3, -0.25) is 4.79 Å². The molecule has 8 heteroatoms. The van der Waals surface area contributed by atoms with Crippen LogP contribution in [0.2, 0.25) is 0 Å². The fourth-order valence-electron chi connectivity index (χ4n) is 3.03. The van der Waals surface area contributed by atoms with Gasteiger partial charge in [0.15, 0.2) is 0 Å². The fraction of sp³-hybridized carbons (Fsp3) is 0.714. The summed E-state index contributed by atoms with van der Waals surface area (Å²) in [6.07, 6.45) is 5.68. The van der Waals surface area contributed by atoms with Gasteiger partial charge in [-0.25, -0.2) is 4.68 Å². The van der Waals surface area contributed by atoms with E-state index in [4.69, 9.17) is 0 Å². The minimum Gasteiger partial charge on any atom is -0.268 e. The molecule has 2 saturated heterocycles. The van der Waals surface area contributed by atoms with E-state index in [1.54, 1.807) is 16.6 Å². The molecule has 2 fully saturated rings. The third-order valence-electron chi connectivity index (χ3n) is 4.36. The zero-order valence-corrected chi connectivity index (χ0v) is 13.4. The Morgan fingerprint density at radius 2 is 1.77 bits per heavy atom. The third kappa shape index (κ3) is 3.23. The highest BCUT2D eigenvalue weighted by Gasteiger charge is 2.39. The van der Waals surface area contributed by atoms with Crippen LogP contribution < -0.4 is 5.56 Å². The van der Waals surface area contributed by atoms with Crippen LogP contribution in [-0.4, -0.2) is 53.0 Å². The Kier molecular flexibility index (Phi) is 4.60. The van der Waals surface area contributed by atoms with Crippen molar-refractivity contribution in [3.8, 4) is 0 Å². The van der Waals surface area contributed by atoms with E-state index in [0.717, 1.165) is 25.7 Å². The van der Waals surface area contributed by atoms with Gasteiger partial charge in [0.1, 0.15) is 0 Å². The van der Waals surface area contributed by atoms with E-state index in [9.17, 15) is 13.2 Å². The molecule has 2 aliphatic heterocycles. The molecule has 7 nitrogen and oxygen atoms in total. The first-order valence-corrected chi connectivity index (χ1v) is 9.24. The highest BCUT2D eigenvalue weighted by atomic mass is 32.2. The Labute approximate surface area is 130 Å². The van der Waals surface area contributed by atoms with Crippen LogP contribution in [0.1, 0.15) is 25.7 Å². The molecule has 3 rings (SSSR count). The highest BCUT2D eigenvalue weighted by Crippen LogP contribution is 2.24. The van der Waals surface area contributed by atoms with Crippen molar-refractivity contribution in [1.29, 1.82) is 0 Å². The molecule has 0 bridgehead atoms. The molecule has 0 amide bonds. The summed E-state index contributed by atoms with van der Waals surface area (Å²) in [4.78, 5) is 11.6. The topological polar surface area (TPSA) is 75.5 Å². The molecule has 0 saturated carbocycles. The first-order chi connectivity index (χ1) is 10.6. The number of hydrogen-bond acceptors (Lipinski definition) is 4. The lowest BCUT2D eigenvalue weighted by Gasteiger charge is -2.40. The zero-order valence-electron chi connectivity index (χ0n) is 12.6. The van der Waals surface area contributed by atoms with E-state index in [1.807, 2.05) is 0 Å². The van der Waals surface area contributed by atoms with E-state index in [0.29, 0.717) is 32.7 Å². The summed E-state index contributed by atoms with van der Waals surface area (Å²) >= 11 is 0. The van der Waals surface area contributed by atoms with Gasteiger partial charge in [-0.1, -0.05) is 12.8 Å². The van der Waals surface area contributed by atoms with E-state index in [2.05, 4.69) is 5.10 Å². The molecule has 1 aromatic rings. The Bertz CT molecular complexity index is 659. The maximum absolute atomic E-state index is 12.6. The Balaban J connectivity index is 1.58. The molecule has 0 atom stereocenters. The number of nitrogens with zero attached hydrogens (tertiary/aromatic N) is 4. The van der Waals surface area contributed by atoms with E-state index >= 15 is 0 Å². The SMILES string of the molecule is O=c1cccnn1CC1CN(S(=O)(=O)N2CCCCCC2)C1. The summed E-state index contributed by atoms with van der Waals surface area (Å²) < 4.78 is 29.6. The van der Waals surface area contributed by atoms with Crippen LogP contribution in [0.3, 0.4) is 0 Å². The monoisotopic (exact) mass is 326 g/mol. The normalized spacial score (nSPS) is 22.2. The first kappa shape index (κ1) is 15.6. The lowest BCUT2D eigenvalue weighted by atomic mass is 10.0. The van der Waals surface area contributed by atoms with Gasteiger partial charge < -0.3 is 0 Å². The average molecular weight is 326 g/mol. The first-order valence-electron chi connectivity index (χ1n) is 7.85. The molecule has 2 aliphatic rings. The van der Waals surface area contributed by atoms with Crippen molar-refractivity contribution in [3.05, 3.63) is 28.7 Å². The van der Waals surface area contributed by atoms with Crippen molar-refractivity contribution in [3.63, 3.8) is 0 Å².